The fourth-order valence-corrected chi connectivity index (χ4v) is 2.69. The van der Waals surface area contributed by atoms with E-state index in [2.05, 4.69) is 15.4 Å². The van der Waals surface area contributed by atoms with Gasteiger partial charge in [-0.25, -0.2) is 0 Å². The number of amides is 1. The number of aromatic amines is 1. The topological polar surface area (TPSA) is 87.9 Å². The van der Waals surface area contributed by atoms with Gasteiger partial charge in [-0.15, -0.1) is 0 Å². The molecule has 0 fully saturated rings. The van der Waals surface area contributed by atoms with Crippen LogP contribution in [0, 0.1) is 0 Å². The second kappa shape index (κ2) is 6.09. The third kappa shape index (κ3) is 2.81. The second-order valence-corrected chi connectivity index (χ2v) is 5.59. The fraction of sp³-hybridized carbons (Fsp3) is 0. The summed E-state index contributed by atoms with van der Waals surface area (Å²) in [7, 11) is 0. The SMILES string of the molecule is Nc1ccc(N(C(=O)c2ccc3n[nH]nc3c2)c2ccccc2)cc1. The standard InChI is InChI=1S/C19H15N5O/c20-14-7-9-16(10-8-14)24(15-4-2-1-3-5-15)19(25)13-6-11-17-18(12-13)22-23-21-17/h1-12H,20H2,(H,21,22,23). The Kier molecular flexibility index (Phi) is 3.63. The first-order valence-electron chi connectivity index (χ1n) is 7.78. The van der Waals surface area contributed by atoms with Crippen LogP contribution in [0.25, 0.3) is 11.0 Å². The van der Waals surface area contributed by atoms with Crippen LogP contribution < -0.4 is 10.6 Å². The number of aromatic nitrogens is 3. The van der Waals surface area contributed by atoms with Gasteiger partial charge in [-0.1, -0.05) is 18.2 Å². The van der Waals surface area contributed by atoms with Crippen molar-refractivity contribution in [3.05, 3.63) is 78.4 Å². The highest BCUT2D eigenvalue weighted by molar-refractivity contribution is 6.12. The zero-order valence-corrected chi connectivity index (χ0v) is 13.3. The van der Waals surface area contributed by atoms with Gasteiger partial charge in [-0.3, -0.25) is 9.69 Å². The molecule has 6 nitrogen and oxygen atoms in total. The summed E-state index contributed by atoms with van der Waals surface area (Å²) in [5.41, 5.74) is 9.84. The molecular weight excluding hydrogens is 314 g/mol. The van der Waals surface area contributed by atoms with E-state index in [1.807, 2.05) is 42.5 Å². The first-order chi connectivity index (χ1) is 12.2. The maximum absolute atomic E-state index is 13.2. The van der Waals surface area contributed by atoms with Gasteiger partial charge in [0.2, 0.25) is 0 Å². The van der Waals surface area contributed by atoms with Crippen molar-refractivity contribution in [2.24, 2.45) is 0 Å². The third-order valence-electron chi connectivity index (χ3n) is 3.93. The quantitative estimate of drug-likeness (QED) is 0.563. The molecule has 3 aromatic carbocycles. The molecular formula is C19H15N5O. The Morgan fingerprint density at radius 3 is 2.28 bits per heavy atom. The van der Waals surface area contributed by atoms with Crippen LogP contribution in [-0.4, -0.2) is 21.3 Å². The summed E-state index contributed by atoms with van der Waals surface area (Å²) in [4.78, 5) is 14.9. The summed E-state index contributed by atoms with van der Waals surface area (Å²) in [5, 5.41) is 10.6. The predicted molar refractivity (Wildman–Crippen MR) is 97.7 cm³/mol. The Balaban J connectivity index is 1.81. The summed E-state index contributed by atoms with van der Waals surface area (Å²) < 4.78 is 0. The van der Waals surface area contributed by atoms with Gasteiger partial charge in [0.05, 0.1) is 0 Å². The highest BCUT2D eigenvalue weighted by Crippen LogP contribution is 2.28. The average Bonchev–Trinajstić information content (AvgIpc) is 3.12. The molecule has 0 spiro atoms. The highest BCUT2D eigenvalue weighted by atomic mass is 16.2. The lowest BCUT2D eigenvalue weighted by molar-refractivity contribution is 0.0999. The van der Waals surface area contributed by atoms with E-state index in [-0.39, 0.29) is 5.91 Å². The monoisotopic (exact) mass is 329 g/mol. The maximum Gasteiger partial charge on any atom is 0.262 e. The summed E-state index contributed by atoms with van der Waals surface area (Å²) in [5.74, 6) is -0.152. The van der Waals surface area contributed by atoms with Crippen LogP contribution in [0.1, 0.15) is 10.4 Å². The largest absolute Gasteiger partial charge is 0.399 e. The van der Waals surface area contributed by atoms with E-state index in [4.69, 9.17) is 5.73 Å². The lowest BCUT2D eigenvalue weighted by Crippen LogP contribution is -2.25. The fourth-order valence-electron chi connectivity index (χ4n) is 2.69. The molecule has 4 rings (SSSR count). The van der Waals surface area contributed by atoms with Crippen LogP contribution in [0.2, 0.25) is 0 Å². The minimum Gasteiger partial charge on any atom is -0.399 e. The van der Waals surface area contributed by atoms with Crippen molar-refractivity contribution in [3.63, 3.8) is 0 Å². The zero-order chi connectivity index (χ0) is 17.2. The molecule has 25 heavy (non-hydrogen) atoms. The van der Waals surface area contributed by atoms with Gasteiger partial charge >= 0.3 is 0 Å². The number of anilines is 3. The van der Waals surface area contributed by atoms with Crippen molar-refractivity contribution in [1.82, 2.24) is 15.4 Å². The van der Waals surface area contributed by atoms with Crippen LogP contribution in [0.3, 0.4) is 0 Å². The number of nitrogens with one attached hydrogen (secondary N) is 1. The minimum absolute atomic E-state index is 0.152. The van der Waals surface area contributed by atoms with Crippen molar-refractivity contribution in [3.8, 4) is 0 Å². The second-order valence-electron chi connectivity index (χ2n) is 5.59. The minimum atomic E-state index is -0.152. The van der Waals surface area contributed by atoms with E-state index < -0.39 is 0 Å². The van der Waals surface area contributed by atoms with E-state index >= 15 is 0 Å². The Labute approximate surface area is 143 Å². The first kappa shape index (κ1) is 14.9. The van der Waals surface area contributed by atoms with Gasteiger partial charge in [-0.2, -0.15) is 15.4 Å². The summed E-state index contributed by atoms with van der Waals surface area (Å²) in [6, 6.07) is 22.0. The molecule has 3 N–H and O–H groups in total. The molecule has 0 radical (unpaired) electrons. The van der Waals surface area contributed by atoms with Gasteiger partial charge in [0.25, 0.3) is 5.91 Å². The van der Waals surface area contributed by atoms with E-state index in [0.29, 0.717) is 16.8 Å². The maximum atomic E-state index is 13.2. The van der Waals surface area contributed by atoms with E-state index in [9.17, 15) is 4.79 Å². The number of fused-ring (bicyclic) bond motifs is 1. The molecule has 1 amide bonds. The number of carbonyl (C=O) groups excluding carboxylic acids is 1. The van der Waals surface area contributed by atoms with Gasteiger partial charge in [0, 0.05) is 22.6 Å². The molecule has 0 unspecified atom stereocenters. The molecule has 1 aromatic heterocycles. The molecule has 0 saturated heterocycles. The normalized spacial score (nSPS) is 10.7. The van der Waals surface area contributed by atoms with Gasteiger partial charge in [-0.05, 0) is 54.6 Å². The van der Waals surface area contributed by atoms with Crippen LogP contribution in [0.4, 0.5) is 17.1 Å². The Morgan fingerprint density at radius 1 is 0.840 bits per heavy atom. The van der Waals surface area contributed by atoms with E-state index in [1.165, 1.54) is 0 Å². The molecule has 0 aliphatic carbocycles. The number of nitrogens with two attached hydrogens (primary N) is 1. The van der Waals surface area contributed by atoms with Crippen molar-refractivity contribution in [2.45, 2.75) is 0 Å². The van der Waals surface area contributed by atoms with E-state index in [0.717, 1.165) is 16.9 Å². The Bertz CT molecular complexity index is 1020. The molecule has 4 aromatic rings. The number of H-pyrrole nitrogens is 1. The van der Waals surface area contributed by atoms with Gasteiger partial charge in [0.1, 0.15) is 11.0 Å². The molecule has 0 atom stereocenters. The predicted octanol–water partition coefficient (Wildman–Crippen LogP) is 3.52. The molecule has 0 aliphatic heterocycles. The summed E-state index contributed by atoms with van der Waals surface area (Å²) in [6.07, 6.45) is 0. The lowest BCUT2D eigenvalue weighted by atomic mass is 10.1. The van der Waals surface area contributed by atoms with E-state index in [1.54, 1.807) is 35.2 Å². The zero-order valence-electron chi connectivity index (χ0n) is 13.3. The van der Waals surface area contributed by atoms with Gasteiger partial charge in [0.15, 0.2) is 0 Å². The van der Waals surface area contributed by atoms with Crippen molar-refractivity contribution >= 4 is 34.0 Å². The number of nitrogens with zero attached hydrogens (tertiary/aromatic N) is 3. The number of para-hydroxylation sites is 1. The Morgan fingerprint density at radius 2 is 1.52 bits per heavy atom. The summed E-state index contributed by atoms with van der Waals surface area (Å²) >= 11 is 0. The molecule has 6 heteroatoms. The average molecular weight is 329 g/mol. The molecule has 0 aliphatic rings. The van der Waals surface area contributed by atoms with Crippen LogP contribution >= 0.6 is 0 Å². The lowest BCUT2D eigenvalue weighted by Gasteiger charge is -2.23. The molecule has 0 bridgehead atoms. The summed E-state index contributed by atoms with van der Waals surface area (Å²) in [6.45, 7) is 0. The molecule has 1 heterocycles. The number of hydrogen-bond acceptors (Lipinski definition) is 4. The van der Waals surface area contributed by atoms with Crippen LogP contribution in [0.5, 0.6) is 0 Å². The number of nitrogen functional groups attached to an aromatic ring is 1. The number of rotatable bonds is 3. The first-order valence-corrected chi connectivity index (χ1v) is 7.78. The number of benzene rings is 3. The Hall–Kier alpha value is -3.67. The number of hydrogen-bond donors (Lipinski definition) is 2. The van der Waals surface area contributed by atoms with Crippen molar-refractivity contribution < 1.29 is 4.79 Å². The van der Waals surface area contributed by atoms with Crippen LogP contribution in [0.15, 0.2) is 72.8 Å². The number of carbonyl (C=O) groups is 1. The van der Waals surface area contributed by atoms with Crippen molar-refractivity contribution in [2.75, 3.05) is 10.6 Å². The van der Waals surface area contributed by atoms with Crippen molar-refractivity contribution in [1.29, 1.82) is 0 Å². The smallest absolute Gasteiger partial charge is 0.262 e. The molecule has 0 saturated carbocycles. The highest BCUT2D eigenvalue weighted by Gasteiger charge is 2.20. The van der Waals surface area contributed by atoms with Gasteiger partial charge < -0.3 is 5.73 Å². The molecule has 122 valence electrons. The third-order valence-corrected chi connectivity index (χ3v) is 3.93. The van der Waals surface area contributed by atoms with Crippen LogP contribution in [-0.2, 0) is 0 Å².